The smallest absolute Gasteiger partial charge is 0.257 e. The Labute approximate surface area is 183 Å². The molecule has 3 aliphatic rings. The second kappa shape index (κ2) is 8.37. The third-order valence-corrected chi connectivity index (χ3v) is 6.57. The van der Waals surface area contributed by atoms with E-state index in [-0.39, 0.29) is 30.4 Å². The Morgan fingerprint density at radius 3 is 2.68 bits per heavy atom. The Balaban J connectivity index is 1.39. The lowest BCUT2D eigenvalue weighted by atomic mass is 9.87. The molecule has 1 unspecified atom stereocenters. The molecule has 2 saturated carbocycles. The van der Waals surface area contributed by atoms with Crippen LogP contribution in [0.2, 0.25) is 0 Å². The van der Waals surface area contributed by atoms with Crippen LogP contribution >= 0.6 is 0 Å². The van der Waals surface area contributed by atoms with Crippen LogP contribution in [0.3, 0.4) is 0 Å². The van der Waals surface area contributed by atoms with Crippen LogP contribution < -0.4 is 10.1 Å². The Kier molecular flexibility index (Phi) is 5.43. The van der Waals surface area contributed by atoms with Crippen molar-refractivity contribution in [3.8, 4) is 5.75 Å². The van der Waals surface area contributed by atoms with E-state index in [4.69, 9.17) is 4.74 Å². The highest BCUT2D eigenvalue weighted by Crippen LogP contribution is 2.41. The van der Waals surface area contributed by atoms with Crippen LogP contribution in [0.4, 0.5) is 0 Å². The molecule has 2 aromatic rings. The highest BCUT2D eigenvalue weighted by atomic mass is 16.5. The maximum atomic E-state index is 13.1. The SMILES string of the molecule is Cc1cccc(C2c3cc(OCC(=O)NCC4CC4)ccc3CCN2C(=O)C2CC2)c1. The van der Waals surface area contributed by atoms with E-state index in [9.17, 15) is 9.59 Å². The average molecular weight is 419 g/mol. The predicted octanol–water partition coefficient (Wildman–Crippen LogP) is 3.78. The fraction of sp³-hybridized carbons (Fsp3) is 0.462. The number of hydrogen-bond acceptors (Lipinski definition) is 3. The summed E-state index contributed by atoms with van der Waals surface area (Å²) in [6.45, 7) is 3.59. The van der Waals surface area contributed by atoms with E-state index in [1.54, 1.807) is 0 Å². The van der Waals surface area contributed by atoms with Gasteiger partial charge in [-0.05, 0) is 73.8 Å². The molecule has 5 nitrogen and oxygen atoms in total. The molecule has 1 N–H and O–H groups in total. The summed E-state index contributed by atoms with van der Waals surface area (Å²) in [6, 6.07) is 14.4. The molecular formula is C26H30N2O3. The van der Waals surface area contributed by atoms with Crippen molar-refractivity contribution >= 4 is 11.8 Å². The molecule has 0 spiro atoms. The first-order valence-corrected chi connectivity index (χ1v) is 11.5. The molecule has 2 aliphatic carbocycles. The zero-order valence-electron chi connectivity index (χ0n) is 18.1. The lowest BCUT2D eigenvalue weighted by Crippen LogP contribution is -2.41. The first-order chi connectivity index (χ1) is 15.1. The Morgan fingerprint density at radius 1 is 1.10 bits per heavy atom. The van der Waals surface area contributed by atoms with Gasteiger partial charge in [-0.2, -0.15) is 0 Å². The highest BCUT2D eigenvalue weighted by molar-refractivity contribution is 5.82. The van der Waals surface area contributed by atoms with Gasteiger partial charge in [0, 0.05) is 19.0 Å². The zero-order valence-corrected chi connectivity index (χ0v) is 18.1. The summed E-state index contributed by atoms with van der Waals surface area (Å²) in [6.07, 6.45) is 5.27. The second-order valence-corrected chi connectivity index (χ2v) is 9.27. The van der Waals surface area contributed by atoms with E-state index >= 15 is 0 Å². The lowest BCUT2D eigenvalue weighted by molar-refractivity contribution is -0.134. The van der Waals surface area contributed by atoms with Crippen molar-refractivity contribution in [3.05, 3.63) is 64.7 Å². The first-order valence-electron chi connectivity index (χ1n) is 11.5. The van der Waals surface area contributed by atoms with Gasteiger partial charge in [0.15, 0.2) is 6.61 Å². The van der Waals surface area contributed by atoms with E-state index in [0.29, 0.717) is 11.7 Å². The molecule has 2 aromatic carbocycles. The van der Waals surface area contributed by atoms with Crippen molar-refractivity contribution in [1.82, 2.24) is 10.2 Å². The van der Waals surface area contributed by atoms with E-state index in [2.05, 4.69) is 47.5 Å². The van der Waals surface area contributed by atoms with Crippen LogP contribution in [-0.4, -0.2) is 36.4 Å². The number of amides is 2. The van der Waals surface area contributed by atoms with Crippen LogP contribution in [0, 0.1) is 18.8 Å². The summed E-state index contributed by atoms with van der Waals surface area (Å²) in [4.78, 5) is 27.3. The van der Waals surface area contributed by atoms with Crippen molar-refractivity contribution in [2.24, 2.45) is 11.8 Å². The van der Waals surface area contributed by atoms with Gasteiger partial charge in [-0.25, -0.2) is 0 Å². The van der Waals surface area contributed by atoms with Gasteiger partial charge in [-0.1, -0.05) is 35.9 Å². The number of benzene rings is 2. The normalized spacial score (nSPS) is 20.2. The summed E-state index contributed by atoms with van der Waals surface area (Å²) in [5.41, 5.74) is 4.68. The quantitative estimate of drug-likeness (QED) is 0.744. The number of carbonyl (C=O) groups is 2. The maximum absolute atomic E-state index is 13.1. The topological polar surface area (TPSA) is 58.6 Å². The first kappa shape index (κ1) is 20.1. The Hall–Kier alpha value is -2.82. The van der Waals surface area contributed by atoms with Gasteiger partial charge in [0.25, 0.3) is 5.91 Å². The molecule has 1 aliphatic heterocycles. The van der Waals surface area contributed by atoms with Crippen LogP contribution in [0.25, 0.3) is 0 Å². The second-order valence-electron chi connectivity index (χ2n) is 9.27. The minimum Gasteiger partial charge on any atom is -0.484 e. The average Bonchev–Trinajstić information content (AvgIpc) is 3.69. The maximum Gasteiger partial charge on any atom is 0.257 e. The number of nitrogens with one attached hydrogen (secondary N) is 1. The number of rotatable bonds is 7. The molecule has 0 radical (unpaired) electrons. The Morgan fingerprint density at radius 2 is 1.94 bits per heavy atom. The number of hydrogen-bond donors (Lipinski definition) is 1. The van der Waals surface area contributed by atoms with Gasteiger partial charge < -0.3 is 15.0 Å². The molecule has 2 amide bonds. The lowest BCUT2D eigenvalue weighted by Gasteiger charge is -2.38. The minimum atomic E-state index is -0.107. The molecular weight excluding hydrogens is 388 g/mol. The predicted molar refractivity (Wildman–Crippen MR) is 119 cm³/mol. The third-order valence-electron chi connectivity index (χ3n) is 6.57. The van der Waals surface area contributed by atoms with Crippen molar-refractivity contribution in [1.29, 1.82) is 0 Å². The van der Waals surface area contributed by atoms with Crippen LogP contribution in [0.1, 0.15) is 54.0 Å². The van der Waals surface area contributed by atoms with Gasteiger partial charge in [0.2, 0.25) is 5.91 Å². The summed E-state index contributed by atoms with van der Waals surface area (Å²) in [7, 11) is 0. The summed E-state index contributed by atoms with van der Waals surface area (Å²) in [5, 5.41) is 2.94. The zero-order chi connectivity index (χ0) is 21.4. The highest BCUT2D eigenvalue weighted by Gasteiger charge is 2.39. The molecule has 1 heterocycles. The molecule has 5 rings (SSSR count). The van der Waals surface area contributed by atoms with Crippen molar-refractivity contribution in [2.45, 2.75) is 45.1 Å². The van der Waals surface area contributed by atoms with Gasteiger partial charge in [-0.15, -0.1) is 0 Å². The molecule has 31 heavy (non-hydrogen) atoms. The van der Waals surface area contributed by atoms with Gasteiger partial charge in [0.05, 0.1) is 6.04 Å². The monoisotopic (exact) mass is 418 g/mol. The summed E-state index contributed by atoms with van der Waals surface area (Å²) in [5.74, 6) is 1.70. The molecule has 0 aromatic heterocycles. The third kappa shape index (κ3) is 4.60. The minimum absolute atomic E-state index is 0.0192. The molecule has 5 heteroatoms. The fourth-order valence-corrected chi connectivity index (χ4v) is 4.46. The number of carbonyl (C=O) groups excluding carboxylic acids is 2. The van der Waals surface area contributed by atoms with Crippen LogP contribution in [-0.2, 0) is 16.0 Å². The number of ether oxygens (including phenoxy) is 1. The van der Waals surface area contributed by atoms with Gasteiger partial charge in [0.1, 0.15) is 5.75 Å². The fourth-order valence-electron chi connectivity index (χ4n) is 4.46. The van der Waals surface area contributed by atoms with E-state index < -0.39 is 0 Å². The molecule has 0 saturated heterocycles. The van der Waals surface area contributed by atoms with Crippen molar-refractivity contribution in [2.75, 3.05) is 19.7 Å². The van der Waals surface area contributed by atoms with Gasteiger partial charge >= 0.3 is 0 Å². The molecule has 0 bridgehead atoms. The van der Waals surface area contributed by atoms with E-state index in [0.717, 1.165) is 43.5 Å². The Bertz CT molecular complexity index is 994. The number of nitrogens with zero attached hydrogens (tertiary/aromatic N) is 1. The number of fused-ring (bicyclic) bond motifs is 1. The van der Waals surface area contributed by atoms with Gasteiger partial charge in [-0.3, -0.25) is 9.59 Å². The standard InChI is InChI=1S/C26H30N2O3/c1-17-3-2-4-21(13-17)25-23-14-22(31-16-24(29)27-15-18-5-6-18)10-9-19(23)11-12-28(25)26(30)20-7-8-20/h2-4,9-10,13-14,18,20,25H,5-8,11-12,15-16H2,1H3,(H,27,29). The van der Waals surface area contributed by atoms with E-state index in [1.165, 1.54) is 24.0 Å². The van der Waals surface area contributed by atoms with Crippen molar-refractivity contribution < 1.29 is 14.3 Å². The van der Waals surface area contributed by atoms with Crippen LogP contribution in [0.5, 0.6) is 5.75 Å². The molecule has 2 fully saturated rings. The summed E-state index contributed by atoms with van der Waals surface area (Å²) >= 11 is 0. The van der Waals surface area contributed by atoms with E-state index in [1.807, 2.05) is 12.1 Å². The number of aryl methyl sites for hydroxylation is 1. The molecule has 1 atom stereocenters. The largest absolute Gasteiger partial charge is 0.484 e. The van der Waals surface area contributed by atoms with Crippen molar-refractivity contribution in [3.63, 3.8) is 0 Å². The molecule has 162 valence electrons. The summed E-state index contributed by atoms with van der Waals surface area (Å²) < 4.78 is 5.83. The van der Waals surface area contributed by atoms with Crippen LogP contribution in [0.15, 0.2) is 42.5 Å².